The third kappa shape index (κ3) is 5.65. The Kier molecular flexibility index (Phi) is 6.73. The van der Waals surface area contributed by atoms with Crippen LogP contribution in [0.1, 0.15) is 32.1 Å². The lowest BCUT2D eigenvalue weighted by molar-refractivity contribution is -0.118. The highest BCUT2D eigenvalue weighted by Gasteiger charge is 2.26. The fourth-order valence-electron chi connectivity index (χ4n) is 2.69. The maximum absolute atomic E-state index is 12.2. The molecule has 25 heavy (non-hydrogen) atoms. The molecule has 1 aromatic heterocycles. The number of hydrogen-bond donors (Lipinski definition) is 3. The van der Waals surface area contributed by atoms with Gasteiger partial charge in [0.05, 0.1) is 12.6 Å². The number of carbonyl (C=O) groups excluding carboxylic acids is 1. The largest absolute Gasteiger partial charge is 0.320 e. The third-order valence-corrected chi connectivity index (χ3v) is 5.37. The average molecular weight is 377 g/mol. The van der Waals surface area contributed by atoms with Crippen molar-refractivity contribution in [2.24, 2.45) is 11.7 Å². The summed E-state index contributed by atoms with van der Waals surface area (Å²) in [6, 6.07) is 1.64. The van der Waals surface area contributed by atoms with E-state index < -0.39 is 40.0 Å². The SMILES string of the molecule is N[C@H](C(=O)Nc1ccc(S(=O)(=O)NCC(F)F)nn1)C1CCCCC1. The zero-order chi connectivity index (χ0) is 18.4. The number of sulfonamides is 1. The molecule has 0 radical (unpaired) electrons. The highest BCUT2D eigenvalue weighted by atomic mass is 32.2. The van der Waals surface area contributed by atoms with Crippen LogP contribution in [0.25, 0.3) is 0 Å². The molecule has 0 unspecified atom stereocenters. The number of nitrogens with two attached hydrogens (primary N) is 1. The summed E-state index contributed by atoms with van der Waals surface area (Å²) in [4.78, 5) is 12.2. The predicted octanol–water partition coefficient (Wildman–Crippen LogP) is 0.866. The molecular weight excluding hydrogens is 356 g/mol. The minimum Gasteiger partial charge on any atom is -0.320 e. The lowest BCUT2D eigenvalue weighted by Crippen LogP contribution is -2.42. The number of alkyl halides is 2. The van der Waals surface area contributed by atoms with Gasteiger partial charge in [0.1, 0.15) is 0 Å². The van der Waals surface area contributed by atoms with Crippen LogP contribution in [0.15, 0.2) is 17.2 Å². The number of rotatable bonds is 7. The number of halogens is 2. The Morgan fingerprint density at radius 3 is 2.48 bits per heavy atom. The molecule has 0 saturated heterocycles. The van der Waals surface area contributed by atoms with Crippen LogP contribution in [0.4, 0.5) is 14.6 Å². The fourth-order valence-corrected chi connectivity index (χ4v) is 3.58. The van der Waals surface area contributed by atoms with E-state index in [1.807, 2.05) is 0 Å². The van der Waals surface area contributed by atoms with Crippen molar-refractivity contribution >= 4 is 21.7 Å². The first-order valence-corrected chi connectivity index (χ1v) is 9.46. The molecule has 0 bridgehead atoms. The van der Waals surface area contributed by atoms with Gasteiger partial charge in [-0.15, -0.1) is 10.2 Å². The summed E-state index contributed by atoms with van der Waals surface area (Å²) >= 11 is 0. The van der Waals surface area contributed by atoms with Crippen LogP contribution in [0.5, 0.6) is 0 Å². The van der Waals surface area contributed by atoms with Crippen molar-refractivity contribution in [3.63, 3.8) is 0 Å². The molecule has 4 N–H and O–H groups in total. The predicted molar refractivity (Wildman–Crippen MR) is 86.4 cm³/mol. The number of aromatic nitrogens is 2. The Hall–Kier alpha value is -1.72. The molecule has 1 atom stereocenters. The molecule has 1 heterocycles. The summed E-state index contributed by atoms with van der Waals surface area (Å²) in [7, 11) is -4.18. The van der Waals surface area contributed by atoms with Gasteiger partial charge < -0.3 is 11.1 Å². The van der Waals surface area contributed by atoms with Crippen molar-refractivity contribution in [2.45, 2.75) is 49.6 Å². The lowest BCUT2D eigenvalue weighted by Gasteiger charge is -2.26. The summed E-state index contributed by atoms with van der Waals surface area (Å²) in [5.41, 5.74) is 5.97. The molecule has 140 valence electrons. The van der Waals surface area contributed by atoms with Gasteiger partial charge >= 0.3 is 0 Å². The van der Waals surface area contributed by atoms with E-state index in [-0.39, 0.29) is 11.7 Å². The minimum absolute atomic E-state index is 0.0454. The average Bonchev–Trinajstić information content (AvgIpc) is 2.60. The molecule has 0 spiro atoms. The van der Waals surface area contributed by atoms with Crippen LogP contribution in [0, 0.1) is 5.92 Å². The highest BCUT2D eigenvalue weighted by Crippen LogP contribution is 2.26. The molecular formula is C14H21F2N5O3S. The number of anilines is 1. The molecule has 1 fully saturated rings. The molecule has 1 aromatic rings. The van der Waals surface area contributed by atoms with Gasteiger partial charge in [0.15, 0.2) is 10.8 Å². The second-order valence-electron chi connectivity index (χ2n) is 5.91. The summed E-state index contributed by atoms with van der Waals surface area (Å²) < 4.78 is 49.4. The van der Waals surface area contributed by atoms with Gasteiger partial charge in [0.25, 0.3) is 16.4 Å². The van der Waals surface area contributed by atoms with E-state index in [4.69, 9.17) is 5.73 Å². The van der Waals surface area contributed by atoms with Crippen LogP contribution >= 0.6 is 0 Å². The topological polar surface area (TPSA) is 127 Å². The second kappa shape index (κ2) is 8.59. The van der Waals surface area contributed by atoms with Gasteiger partial charge in [-0.3, -0.25) is 4.79 Å². The minimum atomic E-state index is -4.18. The first kappa shape index (κ1) is 19.6. The quantitative estimate of drug-likeness (QED) is 0.647. The van der Waals surface area contributed by atoms with Crippen LogP contribution < -0.4 is 15.8 Å². The summed E-state index contributed by atoms with van der Waals surface area (Å²) in [5.74, 6) is -0.253. The van der Waals surface area contributed by atoms with Crippen molar-refractivity contribution in [1.29, 1.82) is 0 Å². The number of amides is 1. The molecule has 0 aromatic carbocycles. The van der Waals surface area contributed by atoms with Gasteiger partial charge in [-0.05, 0) is 30.9 Å². The Morgan fingerprint density at radius 2 is 1.92 bits per heavy atom. The number of carbonyl (C=O) groups is 1. The normalized spacial score (nSPS) is 17.4. The van der Waals surface area contributed by atoms with Gasteiger partial charge in [0, 0.05) is 0 Å². The maximum atomic E-state index is 12.2. The Balaban J connectivity index is 1.96. The van der Waals surface area contributed by atoms with Gasteiger partial charge in [-0.25, -0.2) is 21.9 Å². The monoisotopic (exact) mass is 377 g/mol. The van der Waals surface area contributed by atoms with Crippen molar-refractivity contribution in [3.8, 4) is 0 Å². The van der Waals surface area contributed by atoms with E-state index in [0.717, 1.165) is 38.2 Å². The van der Waals surface area contributed by atoms with E-state index in [1.54, 1.807) is 4.72 Å². The molecule has 1 saturated carbocycles. The molecule has 8 nitrogen and oxygen atoms in total. The van der Waals surface area contributed by atoms with Crippen LogP contribution in [-0.4, -0.2) is 43.5 Å². The van der Waals surface area contributed by atoms with Gasteiger partial charge in [-0.2, -0.15) is 0 Å². The molecule has 1 amide bonds. The molecule has 1 aliphatic carbocycles. The van der Waals surface area contributed by atoms with Crippen molar-refractivity contribution in [2.75, 3.05) is 11.9 Å². The lowest BCUT2D eigenvalue weighted by atomic mass is 9.84. The standard InChI is InChI=1S/C14H21F2N5O3S/c15-10(16)8-18-25(23,24)12-7-6-11(20-21-12)19-14(22)13(17)9-4-2-1-3-5-9/h6-7,9-10,13,18H,1-5,8,17H2,(H,19,20,22)/t13-/m0/s1. The Bertz CT molecular complexity index is 678. The first-order valence-electron chi connectivity index (χ1n) is 7.97. The van der Waals surface area contributed by atoms with Crippen LogP contribution in [-0.2, 0) is 14.8 Å². The number of nitrogens with zero attached hydrogens (tertiary/aromatic N) is 2. The van der Waals surface area contributed by atoms with Gasteiger partial charge in [0.2, 0.25) is 5.91 Å². The first-order chi connectivity index (χ1) is 11.8. The van der Waals surface area contributed by atoms with Crippen LogP contribution in [0.3, 0.4) is 0 Å². The van der Waals surface area contributed by atoms with E-state index in [0.29, 0.717) is 0 Å². The maximum Gasteiger partial charge on any atom is 0.260 e. The van der Waals surface area contributed by atoms with Crippen molar-refractivity contribution < 1.29 is 22.0 Å². The smallest absolute Gasteiger partial charge is 0.260 e. The van der Waals surface area contributed by atoms with E-state index in [9.17, 15) is 22.0 Å². The molecule has 2 rings (SSSR count). The van der Waals surface area contributed by atoms with Crippen molar-refractivity contribution in [1.82, 2.24) is 14.9 Å². The van der Waals surface area contributed by atoms with Crippen LogP contribution in [0.2, 0.25) is 0 Å². The van der Waals surface area contributed by atoms with Crippen molar-refractivity contribution in [3.05, 3.63) is 12.1 Å². The number of hydrogen-bond acceptors (Lipinski definition) is 6. The second-order valence-corrected chi connectivity index (χ2v) is 7.63. The van der Waals surface area contributed by atoms with E-state index in [1.165, 1.54) is 6.07 Å². The van der Waals surface area contributed by atoms with E-state index >= 15 is 0 Å². The van der Waals surface area contributed by atoms with Gasteiger partial charge in [-0.1, -0.05) is 19.3 Å². The third-order valence-electron chi connectivity index (χ3n) is 4.05. The molecule has 11 heteroatoms. The Morgan fingerprint density at radius 1 is 1.24 bits per heavy atom. The molecule has 1 aliphatic rings. The summed E-state index contributed by atoms with van der Waals surface area (Å²) in [5, 5.41) is 9.03. The zero-order valence-electron chi connectivity index (χ0n) is 13.5. The Labute approximate surface area is 144 Å². The highest BCUT2D eigenvalue weighted by molar-refractivity contribution is 7.89. The fraction of sp³-hybridized carbons (Fsp3) is 0.643. The molecule has 0 aliphatic heterocycles. The summed E-state index contributed by atoms with van der Waals surface area (Å²) in [6.45, 7) is -1.02. The zero-order valence-corrected chi connectivity index (χ0v) is 14.3. The van der Waals surface area contributed by atoms with E-state index in [2.05, 4.69) is 15.5 Å². The number of nitrogens with one attached hydrogen (secondary N) is 2. The summed E-state index contributed by atoms with van der Waals surface area (Å²) in [6.07, 6.45) is 2.21.